The molecule has 6 nitrogen and oxygen atoms in total. The molecule has 4 rings (SSSR count). The van der Waals surface area contributed by atoms with Crippen LogP contribution < -0.4 is 0 Å². The van der Waals surface area contributed by atoms with Crippen LogP contribution >= 0.6 is 0 Å². The van der Waals surface area contributed by atoms with Crippen molar-refractivity contribution in [1.29, 1.82) is 0 Å². The van der Waals surface area contributed by atoms with Crippen molar-refractivity contribution in [3.63, 3.8) is 0 Å². The van der Waals surface area contributed by atoms with Gasteiger partial charge in [0.1, 0.15) is 0 Å². The zero-order chi connectivity index (χ0) is 20.0. The predicted molar refractivity (Wildman–Crippen MR) is 99.9 cm³/mol. The Bertz CT molecular complexity index is 1210. The molecule has 0 spiro atoms. The van der Waals surface area contributed by atoms with Gasteiger partial charge in [-0.25, -0.2) is 9.59 Å². The number of fused-ring (bicyclic) bond motifs is 3. The smallest absolute Gasteiger partial charge is 0.338 e. The number of rotatable bonds is 2. The van der Waals surface area contributed by atoms with Crippen LogP contribution in [0.15, 0.2) is 48.5 Å². The number of esters is 2. The van der Waals surface area contributed by atoms with Crippen molar-refractivity contribution in [3.8, 4) is 0 Å². The minimum atomic E-state index is -0.813. The molecule has 0 saturated carbocycles. The Hall–Kier alpha value is -3.80. The van der Waals surface area contributed by atoms with Crippen LogP contribution in [0.25, 0.3) is 10.8 Å². The van der Waals surface area contributed by atoms with E-state index >= 15 is 0 Å². The van der Waals surface area contributed by atoms with E-state index in [0.29, 0.717) is 0 Å². The van der Waals surface area contributed by atoms with Crippen LogP contribution in [-0.2, 0) is 9.47 Å². The van der Waals surface area contributed by atoms with Gasteiger partial charge in [-0.2, -0.15) is 0 Å². The van der Waals surface area contributed by atoms with Crippen molar-refractivity contribution < 1.29 is 28.7 Å². The van der Waals surface area contributed by atoms with Crippen molar-refractivity contribution in [2.24, 2.45) is 0 Å². The van der Waals surface area contributed by atoms with Gasteiger partial charge in [0.15, 0.2) is 11.6 Å². The first kappa shape index (κ1) is 17.6. The average molecular weight is 374 g/mol. The summed E-state index contributed by atoms with van der Waals surface area (Å²) in [5.41, 5.74) is 0.217. The summed E-state index contributed by atoms with van der Waals surface area (Å²) in [5, 5.41) is 1.61. The largest absolute Gasteiger partial charge is 0.465 e. The molecule has 0 unspecified atom stereocenters. The number of ketones is 2. The van der Waals surface area contributed by atoms with E-state index in [9.17, 15) is 19.2 Å². The molecule has 0 atom stereocenters. The maximum Gasteiger partial charge on any atom is 0.338 e. The maximum absolute atomic E-state index is 13.2. The fourth-order valence-corrected chi connectivity index (χ4v) is 3.47. The quantitative estimate of drug-likeness (QED) is 0.501. The third-order valence-corrected chi connectivity index (χ3v) is 4.81. The highest BCUT2D eigenvalue weighted by Crippen LogP contribution is 2.33. The van der Waals surface area contributed by atoms with Gasteiger partial charge in [-0.05, 0) is 35.0 Å². The average Bonchev–Trinajstić information content (AvgIpc) is 2.74. The Kier molecular flexibility index (Phi) is 4.04. The van der Waals surface area contributed by atoms with Gasteiger partial charge in [-0.15, -0.1) is 0 Å². The van der Waals surface area contributed by atoms with Crippen LogP contribution in [-0.4, -0.2) is 37.7 Å². The van der Waals surface area contributed by atoms with E-state index in [2.05, 4.69) is 0 Å². The Morgan fingerprint density at radius 3 is 1.86 bits per heavy atom. The molecule has 0 fully saturated rings. The van der Waals surface area contributed by atoms with Gasteiger partial charge in [0.25, 0.3) is 0 Å². The lowest BCUT2D eigenvalue weighted by atomic mass is 9.80. The molecule has 138 valence electrons. The number of methoxy groups -OCH3 is 2. The number of ether oxygens (including phenoxy) is 2. The summed E-state index contributed by atoms with van der Waals surface area (Å²) >= 11 is 0. The molecule has 0 N–H and O–H groups in total. The fraction of sp³-hybridized carbons (Fsp3) is 0.0909. The lowest BCUT2D eigenvalue weighted by Crippen LogP contribution is -2.25. The predicted octanol–water partition coefficient (Wildman–Crippen LogP) is 3.19. The van der Waals surface area contributed by atoms with Gasteiger partial charge in [0.05, 0.1) is 25.3 Å². The summed E-state index contributed by atoms with van der Waals surface area (Å²) in [6.07, 6.45) is 0. The zero-order valence-corrected chi connectivity index (χ0v) is 15.1. The third kappa shape index (κ3) is 2.50. The van der Waals surface area contributed by atoms with Gasteiger partial charge in [-0.1, -0.05) is 24.3 Å². The maximum atomic E-state index is 13.2. The van der Waals surface area contributed by atoms with E-state index < -0.39 is 23.5 Å². The Morgan fingerprint density at radius 1 is 0.714 bits per heavy atom. The molecule has 6 heteroatoms. The molecule has 3 aromatic rings. The summed E-state index contributed by atoms with van der Waals surface area (Å²) in [6, 6.07) is 13.1. The van der Waals surface area contributed by atoms with Crippen molar-refractivity contribution >= 4 is 34.3 Å². The SMILES string of the molecule is COC(=O)c1cc(C(=O)OC)c2c(c1)C(=O)c1cc3ccccc3cc1C2=O. The second-order valence-corrected chi connectivity index (χ2v) is 6.33. The monoisotopic (exact) mass is 374 g/mol. The summed E-state index contributed by atoms with van der Waals surface area (Å²) in [7, 11) is 2.35. The zero-order valence-electron chi connectivity index (χ0n) is 15.1. The van der Waals surface area contributed by atoms with Crippen molar-refractivity contribution in [1.82, 2.24) is 0 Å². The normalized spacial score (nSPS) is 12.4. The van der Waals surface area contributed by atoms with E-state index in [0.717, 1.165) is 17.9 Å². The second kappa shape index (κ2) is 6.42. The topological polar surface area (TPSA) is 86.7 Å². The van der Waals surface area contributed by atoms with Crippen LogP contribution in [0.2, 0.25) is 0 Å². The summed E-state index contributed by atoms with van der Waals surface area (Å²) in [4.78, 5) is 50.7. The number of carbonyl (C=O) groups excluding carboxylic acids is 4. The number of hydrogen-bond acceptors (Lipinski definition) is 6. The molecular formula is C22H14O6. The Labute approximate surface area is 159 Å². The lowest BCUT2D eigenvalue weighted by molar-refractivity contribution is 0.0596. The third-order valence-electron chi connectivity index (χ3n) is 4.81. The van der Waals surface area contributed by atoms with Gasteiger partial charge in [-0.3, -0.25) is 9.59 Å². The molecule has 0 heterocycles. The van der Waals surface area contributed by atoms with Crippen LogP contribution in [0, 0.1) is 0 Å². The minimum absolute atomic E-state index is 0.00737. The highest BCUT2D eigenvalue weighted by Gasteiger charge is 2.35. The molecule has 28 heavy (non-hydrogen) atoms. The number of carbonyl (C=O) groups is 4. The first-order chi connectivity index (χ1) is 13.5. The van der Waals surface area contributed by atoms with Crippen LogP contribution in [0.1, 0.15) is 52.6 Å². The van der Waals surface area contributed by atoms with Gasteiger partial charge < -0.3 is 9.47 Å². The lowest BCUT2D eigenvalue weighted by Gasteiger charge is -2.21. The first-order valence-electron chi connectivity index (χ1n) is 8.43. The molecular weight excluding hydrogens is 360 g/mol. The molecule has 0 saturated heterocycles. The molecule has 1 aliphatic carbocycles. The standard InChI is InChI=1S/C22H14O6/c1-27-21(25)13-9-16-18(17(10-13)22(26)28-2)20(24)15-8-12-6-4-3-5-11(12)7-14(15)19(16)23/h3-10H,1-2H3. The molecule has 3 aromatic carbocycles. The van der Waals surface area contributed by atoms with Gasteiger partial charge in [0.2, 0.25) is 0 Å². The molecule has 0 radical (unpaired) electrons. The summed E-state index contributed by atoms with van der Waals surface area (Å²) < 4.78 is 9.46. The summed E-state index contributed by atoms with van der Waals surface area (Å²) in [5.74, 6) is -2.44. The molecule has 1 aliphatic rings. The van der Waals surface area contributed by atoms with Crippen molar-refractivity contribution in [3.05, 3.63) is 81.9 Å². The van der Waals surface area contributed by atoms with Crippen molar-refractivity contribution in [2.45, 2.75) is 0 Å². The van der Waals surface area contributed by atoms with Gasteiger partial charge >= 0.3 is 11.9 Å². The first-order valence-corrected chi connectivity index (χ1v) is 8.43. The minimum Gasteiger partial charge on any atom is -0.465 e. The van der Waals surface area contributed by atoms with Gasteiger partial charge in [0, 0.05) is 22.3 Å². The Balaban J connectivity index is 2.03. The van der Waals surface area contributed by atoms with Crippen molar-refractivity contribution in [2.75, 3.05) is 14.2 Å². The highest BCUT2D eigenvalue weighted by molar-refractivity contribution is 6.32. The van der Waals surface area contributed by atoms with Crippen LogP contribution in [0.4, 0.5) is 0 Å². The molecule has 0 aromatic heterocycles. The fourth-order valence-electron chi connectivity index (χ4n) is 3.47. The van der Waals surface area contributed by atoms with Crippen LogP contribution in [0.5, 0.6) is 0 Å². The van der Waals surface area contributed by atoms with Crippen LogP contribution in [0.3, 0.4) is 0 Å². The number of hydrogen-bond donors (Lipinski definition) is 0. The van der Waals surface area contributed by atoms with E-state index in [-0.39, 0.29) is 33.4 Å². The van der Waals surface area contributed by atoms with E-state index in [4.69, 9.17) is 9.47 Å². The molecule has 0 amide bonds. The molecule has 0 bridgehead atoms. The summed E-state index contributed by atoms with van der Waals surface area (Å²) in [6.45, 7) is 0. The van der Waals surface area contributed by atoms with E-state index in [1.54, 1.807) is 12.1 Å². The Morgan fingerprint density at radius 2 is 1.29 bits per heavy atom. The molecule has 0 aliphatic heterocycles. The van der Waals surface area contributed by atoms with E-state index in [1.807, 2.05) is 24.3 Å². The number of benzene rings is 3. The van der Waals surface area contributed by atoms with E-state index in [1.165, 1.54) is 19.2 Å². The second-order valence-electron chi connectivity index (χ2n) is 6.33. The highest BCUT2D eigenvalue weighted by atomic mass is 16.5.